The van der Waals surface area contributed by atoms with Gasteiger partial charge in [0.25, 0.3) is 0 Å². The number of rotatable bonds is 5. The van der Waals surface area contributed by atoms with Crippen molar-refractivity contribution in [2.75, 3.05) is 6.54 Å². The molecule has 1 atom stereocenters. The van der Waals surface area contributed by atoms with Gasteiger partial charge in [0, 0.05) is 12.5 Å². The van der Waals surface area contributed by atoms with Crippen LogP contribution in [0.4, 0.5) is 0 Å². The third-order valence-electron chi connectivity index (χ3n) is 3.81. The van der Waals surface area contributed by atoms with Gasteiger partial charge in [0.15, 0.2) is 0 Å². The van der Waals surface area contributed by atoms with Crippen molar-refractivity contribution in [1.29, 1.82) is 0 Å². The fourth-order valence-corrected chi connectivity index (χ4v) is 2.82. The molecule has 0 bridgehead atoms. The Hall–Kier alpha value is -1.26. The van der Waals surface area contributed by atoms with Crippen LogP contribution in [0.5, 0.6) is 0 Å². The Morgan fingerprint density at radius 3 is 2.50 bits per heavy atom. The molecule has 18 heavy (non-hydrogen) atoms. The second-order valence-electron chi connectivity index (χ2n) is 5.13. The van der Waals surface area contributed by atoms with Gasteiger partial charge in [-0.1, -0.05) is 31.2 Å². The Bertz CT molecular complexity index is 413. The molecule has 1 nitrogen and oxygen atoms in total. The molecule has 1 aliphatic rings. The van der Waals surface area contributed by atoms with E-state index in [0.717, 1.165) is 18.9 Å². The van der Waals surface area contributed by atoms with E-state index in [4.69, 9.17) is 0 Å². The van der Waals surface area contributed by atoms with Gasteiger partial charge >= 0.3 is 0 Å². The molecule has 0 spiro atoms. The van der Waals surface area contributed by atoms with Gasteiger partial charge in [-0.15, -0.1) is 11.8 Å². The van der Waals surface area contributed by atoms with E-state index in [9.17, 15) is 0 Å². The van der Waals surface area contributed by atoms with E-state index < -0.39 is 0 Å². The quantitative estimate of drug-likeness (QED) is 0.781. The molecule has 1 aliphatic carbocycles. The fraction of sp³-hybridized carbons (Fsp3) is 0.529. The van der Waals surface area contributed by atoms with Crippen molar-refractivity contribution in [2.45, 2.75) is 45.6 Å². The van der Waals surface area contributed by atoms with Crippen LogP contribution >= 0.6 is 0 Å². The molecule has 0 saturated heterocycles. The molecule has 0 saturated carbocycles. The zero-order valence-corrected chi connectivity index (χ0v) is 11.5. The molecule has 0 aromatic heterocycles. The molecule has 0 fully saturated rings. The minimum Gasteiger partial charge on any atom is -0.313 e. The number of benzene rings is 1. The average Bonchev–Trinajstić information content (AvgIpc) is 2.82. The van der Waals surface area contributed by atoms with Crippen molar-refractivity contribution in [2.24, 2.45) is 5.92 Å². The van der Waals surface area contributed by atoms with Crippen molar-refractivity contribution < 1.29 is 0 Å². The molecule has 1 aromatic rings. The number of fused-ring (bicyclic) bond motifs is 1. The SMILES string of the molecule is CC#CCC(NCCC)C1Cc2ccccc2C1. The van der Waals surface area contributed by atoms with Gasteiger partial charge in [-0.2, -0.15) is 0 Å². The molecule has 0 amide bonds. The summed E-state index contributed by atoms with van der Waals surface area (Å²) < 4.78 is 0. The normalized spacial score (nSPS) is 15.9. The highest BCUT2D eigenvalue weighted by Gasteiger charge is 2.27. The Labute approximate surface area is 111 Å². The highest BCUT2D eigenvalue weighted by Crippen LogP contribution is 2.29. The second kappa shape index (κ2) is 6.61. The van der Waals surface area contributed by atoms with Gasteiger partial charge < -0.3 is 5.32 Å². The lowest BCUT2D eigenvalue weighted by Gasteiger charge is -2.22. The summed E-state index contributed by atoms with van der Waals surface area (Å²) in [5.74, 6) is 7.00. The van der Waals surface area contributed by atoms with Crippen molar-refractivity contribution in [1.82, 2.24) is 5.32 Å². The van der Waals surface area contributed by atoms with E-state index in [1.54, 1.807) is 0 Å². The first-order valence-corrected chi connectivity index (χ1v) is 7.05. The Morgan fingerprint density at radius 1 is 1.28 bits per heavy atom. The minimum absolute atomic E-state index is 0.546. The number of nitrogens with one attached hydrogen (secondary N) is 1. The van der Waals surface area contributed by atoms with E-state index in [2.05, 4.69) is 48.3 Å². The molecule has 1 N–H and O–H groups in total. The zero-order valence-electron chi connectivity index (χ0n) is 11.5. The van der Waals surface area contributed by atoms with E-state index in [1.807, 2.05) is 6.92 Å². The molecule has 96 valence electrons. The van der Waals surface area contributed by atoms with E-state index in [1.165, 1.54) is 30.4 Å². The largest absolute Gasteiger partial charge is 0.313 e. The Balaban J connectivity index is 2.01. The number of hydrogen-bond donors (Lipinski definition) is 1. The van der Waals surface area contributed by atoms with Gasteiger partial charge in [-0.25, -0.2) is 0 Å². The van der Waals surface area contributed by atoms with Crippen molar-refractivity contribution in [3.8, 4) is 11.8 Å². The lowest BCUT2D eigenvalue weighted by molar-refractivity contribution is 0.369. The molecule has 0 radical (unpaired) electrons. The first-order valence-electron chi connectivity index (χ1n) is 7.05. The third kappa shape index (κ3) is 3.15. The van der Waals surface area contributed by atoms with Crippen LogP contribution in [0.25, 0.3) is 0 Å². The van der Waals surface area contributed by atoms with Crippen molar-refractivity contribution in [3.05, 3.63) is 35.4 Å². The molecule has 1 unspecified atom stereocenters. The van der Waals surface area contributed by atoms with Crippen LogP contribution in [-0.4, -0.2) is 12.6 Å². The maximum absolute atomic E-state index is 3.68. The maximum Gasteiger partial charge on any atom is 0.0246 e. The molecule has 0 heterocycles. The molecule has 1 aromatic carbocycles. The van der Waals surface area contributed by atoms with Crippen molar-refractivity contribution >= 4 is 0 Å². The van der Waals surface area contributed by atoms with Gasteiger partial charge in [0.2, 0.25) is 0 Å². The summed E-state index contributed by atoms with van der Waals surface area (Å²) >= 11 is 0. The first kappa shape index (κ1) is 13.2. The van der Waals surface area contributed by atoms with Gasteiger partial charge in [-0.3, -0.25) is 0 Å². The average molecular weight is 241 g/mol. The first-order chi connectivity index (χ1) is 8.85. The molecule has 0 aliphatic heterocycles. The summed E-state index contributed by atoms with van der Waals surface area (Å²) in [6.07, 6.45) is 4.59. The van der Waals surface area contributed by atoms with Gasteiger partial charge in [-0.05, 0) is 49.8 Å². The van der Waals surface area contributed by atoms with E-state index >= 15 is 0 Å². The van der Waals surface area contributed by atoms with E-state index in [-0.39, 0.29) is 0 Å². The fourth-order valence-electron chi connectivity index (χ4n) is 2.82. The second-order valence-corrected chi connectivity index (χ2v) is 5.13. The topological polar surface area (TPSA) is 12.0 Å². The minimum atomic E-state index is 0.546. The van der Waals surface area contributed by atoms with Crippen LogP contribution in [0.3, 0.4) is 0 Å². The summed E-state index contributed by atoms with van der Waals surface area (Å²) in [5.41, 5.74) is 3.07. The highest BCUT2D eigenvalue weighted by atomic mass is 14.9. The summed E-state index contributed by atoms with van der Waals surface area (Å²) in [6.45, 7) is 5.25. The Morgan fingerprint density at radius 2 is 1.94 bits per heavy atom. The molecule has 1 heteroatoms. The van der Waals surface area contributed by atoms with Gasteiger partial charge in [0.1, 0.15) is 0 Å². The van der Waals surface area contributed by atoms with E-state index in [0.29, 0.717) is 6.04 Å². The monoisotopic (exact) mass is 241 g/mol. The Kier molecular flexibility index (Phi) is 4.84. The number of hydrogen-bond acceptors (Lipinski definition) is 1. The standard InChI is InChI=1S/C17H23N/c1-3-5-10-17(18-11-4-2)16-12-14-8-6-7-9-15(14)13-16/h6-9,16-18H,4,10-13H2,1-2H3. The summed E-state index contributed by atoms with van der Waals surface area (Å²) in [4.78, 5) is 0. The van der Waals surface area contributed by atoms with Crippen molar-refractivity contribution in [3.63, 3.8) is 0 Å². The molecular weight excluding hydrogens is 218 g/mol. The summed E-state index contributed by atoms with van der Waals surface area (Å²) in [6, 6.07) is 9.41. The lowest BCUT2D eigenvalue weighted by Crippen LogP contribution is -2.37. The van der Waals surface area contributed by atoms with Gasteiger partial charge in [0.05, 0.1) is 0 Å². The smallest absolute Gasteiger partial charge is 0.0246 e. The predicted molar refractivity (Wildman–Crippen MR) is 77.5 cm³/mol. The maximum atomic E-state index is 3.68. The van der Waals surface area contributed by atoms with Crippen LogP contribution in [0.15, 0.2) is 24.3 Å². The summed E-state index contributed by atoms with van der Waals surface area (Å²) in [7, 11) is 0. The van der Waals surface area contributed by atoms with Crippen LogP contribution in [0.2, 0.25) is 0 Å². The lowest BCUT2D eigenvalue weighted by atomic mass is 9.94. The third-order valence-corrected chi connectivity index (χ3v) is 3.81. The van der Waals surface area contributed by atoms with Crippen LogP contribution < -0.4 is 5.32 Å². The molecule has 2 rings (SSSR count). The zero-order chi connectivity index (χ0) is 12.8. The predicted octanol–water partition coefficient (Wildman–Crippen LogP) is 3.18. The van der Waals surface area contributed by atoms with Crippen LogP contribution in [0.1, 0.15) is 37.8 Å². The van der Waals surface area contributed by atoms with Crippen LogP contribution in [-0.2, 0) is 12.8 Å². The molecular formula is C17H23N. The van der Waals surface area contributed by atoms with Crippen LogP contribution in [0, 0.1) is 17.8 Å². The highest BCUT2D eigenvalue weighted by molar-refractivity contribution is 5.32. The summed E-state index contributed by atoms with van der Waals surface area (Å²) in [5, 5.41) is 3.68.